The van der Waals surface area contributed by atoms with Crippen molar-refractivity contribution < 1.29 is 9.67 Å². The van der Waals surface area contributed by atoms with Gasteiger partial charge in [-0.2, -0.15) is 0 Å². The molecule has 0 aliphatic rings. The second-order valence-electron chi connectivity index (χ2n) is 7.18. The molecular formula is C20H25Cl2N6O2S+. The first-order chi connectivity index (χ1) is 14.8. The summed E-state index contributed by atoms with van der Waals surface area (Å²) in [6.45, 7) is 4.52. The Bertz CT molecular complexity index is 1160. The van der Waals surface area contributed by atoms with Crippen LogP contribution in [-0.4, -0.2) is 39.5 Å². The molecule has 2 unspecified atom stereocenters. The molecular weight excluding hydrogens is 459 g/mol. The van der Waals surface area contributed by atoms with E-state index in [1.54, 1.807) is 0 Å². The summed E-state index contributed by atoms with van der Waals surface area (Å²) in [6.07, 6.45) is 4.17. The average Bonchev–Trinajstić information content (AvgIpc) is 2.74. The van der Waals surface area contributed by atoms with E-state index in [1.165, 1.54) is 11.8 Å². The van der Waals surface area contributed by atoms with Crippen LogP contribution >= 0.6 is 35.0 Å². The normalized spacial score (nSPS) is 13.5. The first-order valence-corrected chi connectivity index (χ1v) is 11.7. The summed E-state index contributed by atoms with van der Waals surface area (Å²) < 4.78 is 1.95. The van der Waals surface area contributed by atoms with E-state index in [1.807, 2.05) is 43.0 Å². The van der Waals surface area contributed by atoms with Crippen LogP contribution in [0.1, 0.15) is 37.1 Å². The lowest BCUT2D eigenvalue weighted by Crippen LogP contribution is -2.43. The fourth-order valence-corrected chi connectivity index (χ4v) is 4.47. The van der Waals surface area contributed by atoms with Crippen LogP contribution in [-0.2, 0) is 6.42 Å². The summed E-state index contributed by atoms with van der Waals surface area (Å²) >= 11 is 14.0. The molecule has 0 aromatic carbocycles. The smallest absolute Gasteiger partial charge is 0.277 e. The summed E-state index contributed by atoms with van der Waals surface area (Å²) in [5.41, 5.74) is 8.12. The monoisotopic (exact) mass is 483 g/mol. The lowest BCUT2D eigenvalue weighted by molar-refractivity contribution is -0.706. The number of aromatic nitrogens is 4. The minimum absolute atomic E-state index is 0.0238. The third-order valence-corrected chi connectivity index (χ3v) is 6.29. The predicted molar refractivity (Wildman–Crippen MR) is 125 cm³/mol. The minimum atomic E-state index is -0.352. The number of H-pyrrole nitrogens is 1. The van der Waals surface area contributed by atoms with Gasteiger partial charge >= 0.3 is 0 Å². The van der Waals surface area contributed by atoms with Crippen molar-refractivity contribution in [3.8, 4) is 0 Å². The number of nitrogen functional groups attached to an aromatic ring is 1. The molecule has 3 rings (SSSR count). The van der Waals surface area contributed by atoms with Gasteiger partial charge in [0.25, 0.3) is 11.4 Å². The van der Waals surface area contributed by atoms with Crippen LogP contribution in [0.2, 0.25) is 10.3 Å². The van der Waals surface area contributed by atoms with Gasteiger partial charge in [0.1, 0.15) is 21.7 Å². The number of thioether (sulfide) groups is 1. The van der Waals surface area contributed by atoms with Crippen molar-refractivity contribution in [2.24, 2.45) is 0 Å². The second kappa shape index (κ2) is 10.1. The Balaban J connectivity index is 2.04. The molecule has 0 aliphatic carbocycles. The van der Waals surface area contributed by atoms with Crippen LogP contribution in [0.3, 0.4) is 0 Å². The number of hydrogen-bond donors (Lipinski definition) is 4. The molecule has 8 nitrogen and oxygen atoms in total. The Morgan fingerprint density at radius 1 is 1.32 bits per heavy atom. The van der Waals surface area contributed by atoms with E-state index >= 15 is 0 Å². The quantitative estimate of drug-likeness (QED) is 0.168. The lowest BCUT2D eigenvalue weighted by Gasteiger charge is -2.19. The maximum absolute atomic E-state index is 12.5. The summed E-state index contributed by atoms with van der Waals surface area (Å²) in [7, 11) is 0. The van der Waals surface area contributed by atoms with E-state index in [0.29, 0.717) is 35.0 Å². The summed E-state index contributed by atoms with van der Waals surface area (Å²) in [4.78, 5) is 23.9. The molecule has 0 fully saturated rings. The molecule has 5 N–H and O–H groups in total. The van der Waals surface area contributed by atoms with E-state index in [0.717, 1.165) is 5.56 Å². The van der Waals surface area contributed by atoms with E-state index in [4.69, 9.17) is 34.0 Å². The molecule has 0 bridgehead atoms. The Kier molecular flexibility index (Phi) is 7.77. The minimum Gasteiger partial charge on any atom is -0.395 e. The van der Waals surface area contributed by atoms with Gasteiger partial charge in [-0.15, -0.1) is 0 Å². The number of rotatable bonds is 8. The second-order valence-corrected chi connectivity index (χ2v) is 8.69. The van der Waals surface area contributed by atoms with Crippen LogP contribution in [0, 0.1) is 0 Å². The van der Waals surface area contributed by atoms with Gasteiger partial charge in [0.05, 0.1) is 23.9 Å². The molecule has 166 valence electrons. The van der Waals surface area contributed by atoms with Crippen molar-refractivity contribution in [1.82, 2.24) is 20.3 Å². The number of pyridine rings is 2. The molecule has 3 aromatic rings. The van der Waals surface area contributed by atoms with Crippen molar-refractivity contribution in [2.75, 3.05) is 25.1 Å². The number of nitrogens with two attached hydrogens (primary N) is 1. The van der Waals surface area contributed by atoms with Crippen molar-refractivity contribution in [1.29, 1.82) is 0 Å². The molecule has 0 spiro atoms. The average molecular weight is 484 g/mol. The van der Waals surface area contributed by atoms with Gasteiger partial charge in [-0.1, -0.05) is 35.0 Å². The molecule has 2 atom stereocenters. The highest BCUT2D eigenvalue weighted by Gasteiger charge is 2.24. The molecule has 3 aromatic heterocycles. The number of aliphatic hydroxyl groups excluding tert-OH is 1. The number of halogens is 2. The number of fused-ring (bicyclic) bond motifs is 1. The van der Waals surface area contributed by atoms with Gasteiger partial charge in [0.15, 0.2) is 5.16 Å². The molecule has 0 amide bonds. The van der Waals surface area contributed by atoms with E-state index < -0.39 is 0 Å². The third kappa shape index (κ3) is 4.96. The van der Waals surface area contributed by atoms with Crippen LogP contribution in [0.25, 0.3) is 10.9 Å². The Morgan fingerprint density at radius 2 is 2.06 bits per heavy atom. The van der Waals surface area contributed by atoms with E-state index in [-0.39, 0.29) is 39.9 Å². The molecule has 0 saturated carbocycles. The fraction of sp³-hybridized carbons (Fsp3) is 0.400. The van der Waals surface area contributed by atoms with Gasteiger partial charge in [-0.05, 0) is 32.2 Å². The van der Waals surface area contributed by atoms with E-state index in [9.17, 15) is 4.79 Å². The van der Waals surface area contributed by atoms with Crippen LogP contribution in [0.15, 0.2) is 28.3 Å². The van der Waals surface area contributed by atoms with Crippen molar-refractivity contribution in [3.05, 3.63) is 50.1 Å². The summed E-state index contributed by atoms with van der Waals surface area (Å²) in [6, 6.07) is 3.74. The highest BCUT2D eigenvalue weighted by atomic mass is 35.5. The van der Waals surface area contributed by atoms with Gasteiger partial charge < -0.3 is 15.4 Å². The van der Waals surface area contributed by atoms with E-state index in [2.05, 4.69) is 20.3 Å². The zero-order chi connectivity index (χ0) is 22.7. The Labute approximate surface area is 194 Å². The van der Waals surface area contributed by atoms with Crippen molar-refractivity contribution >= 4 is 51.7 Å². The highest BCUT2D eigenvalue weighted by molar-refractivity contribution is 7.98. The molecule has 0 saturated heterocycles. The van der Waals surface area contributed by atoms with Gasteiger partial charge in [0.2, 0.25) is 0 Å². The molecule has 0 aliphatic heterocycles. The number of anilines is 1. The van der Waals surface area contributed by atoms with Crippen LogP contribution in [0.5, 0.6) is 0 Å². The molecule has 0 radical (unpaired) electrons. The number of aromatic amines is 1. The van der Waals surface area contributed by atoms with Crippen LogP contribution in [0.4, 0.5) is 5.82 Å². The zero-order valence-electron chi connectivity index (χ0n) is 17.4. The third-order valence-electron chi connectivity index (χ3n) is 5.13. The Hall–Kier alpha value is -1.91. The van der Waals surface area contributed by atoms with Crippen molar-refractivity contribution in [2.45, 2.75) is 37.5 Å². The van der Waals surface area contributed by atoms with Crippen LogP contribution < -0.4 is 21.2 Å². The summed E-state index contributed by atoms with van der Waals surface area (Å²) in [5, 5.41) is 13.2. The number of nitrogens with zero attached hydrogens (tertiary/aromatic N) is 3. The number of hydrogen-bond acceptors (Lipinski definition) is 7. The van der Waals surface area contributed by atoms with Gasteiger partial charge in [-0.3, -0.25) is 10.5 Å². The fourth-order valence-electron chi connectivity index (χ4n) is 3.54. The topological polar surface area (TPSA) is 121 Å². The largest absolute Gasteiger partial charge is 0.395 e. The number of aliphatic hydroxyl groups is 1. The number of nitrogens with one attached hydrogen (secondary N) is 2. The standard InChI is InChI=1S/C20H24Cl2N6O2S/c1-10(28-7-4-5-12(18(28)23)11(2)24-6-8-29)9-13-15-14(17(22)26-16(13)21)19(30)27-20(25-15)31-3/h4-5,7,10-11,23-24,29H,6,8-9H2,1-3H3,(H,25,26,27,30)/p+1. The van der Waals surface area contributed by atoms with Gasteiger partial charge in [-0.25, -0.2) is 14.5 Å². The molecule has 3 heterocycles. The lowest BCUT2D eigenvalue weighted by atomic mass is 10.0. The predicted octanol–water partition coefficient (Wildman–Crippen LogP) is 2.66. The maximum Gasteiger partial charge on any atom is 0.277 e. The SMILES string of the molecule is CSc1nc2c(CC(C)[n+]3cccc(C(C)NCCO)c3N)c(Cl)nc(Cl)c2c(=O)[nH]1. The van der Waals surface area contributed by atoms with Crippen molar-refractivity contribution in [3.63, 3.8) is 0 Å². The Morgan fingerprint density at radius 3 is 2.74 bits per heavy atom. The molecule has 11 heteroatoms. The zero-order valence-corrected chi connectivity index (χ0v) is 19.8. The van der Waals surface area contributed by atoms with Gasteiger partial charge in [0, 0.05) is 24.6 Å². The first-order valence-electron chi connectivity index (χ1n) is 9.74. The molecule has 31 heavy (non-hydrogen) atoms. The highest BCUT2D eigenvalue weighted by Crippen LogP contribution is 2.29. The summed E-state index contributed by atoms with van der Waals surface area (Å²) in [5.74, 6) is 0.603. The first kappa shape index (κ1) is 23.7. The maximum atomic E-state index is 12.5.